The van der Waals surface area contributed by atoms with Crippen molar-refractivity contribution in [2.75, 3.05) is 12.4 Å². The van der Waals surface area contributed by atoms with Crippen LogP contribution in [0.25, 0.3) is 0 Å². The van der Waals surface area contributed by atoms with Gasteiger partial charge in [0, 0.05) is 18.3 Å². The average molecular weight is 906 g/mol. The fraction of sp³-hybridized carbons (Fsp3) is 0.462. The Morgan fingerprint density at radius 1 is 0.509 bits per heavy atom. The van der Waals surface area contributed by atoms with Crippen molar-refractivity contribution in [3.8, 4) is 5.75 Å². The molecule has 0 aromatic heterocycles. The maximum absolute atomic E-state index is 14.4. The minimum absolute atomic E-state index is 0.0330. The number of anilines is 1. The Morgan fingerprint density at radius 2 is 0.860 bits per heavy atom. The highest BCUT2D eigenvalue weighted by Gasteiger charge is 2.86. The second-order valence-corrected chi connectivity index (χ2v) is 10.8. The molecule has 0 fully saturated rings. The smallest absolute Gasteiger partial charge is 0.421 e. The van der Waals surface area contributed by atoms with Gasteiger partial charge in [-0.1, -0.05) is 23.7 Å². The van der Waals surface area contributed by atoms with Gasteiger partial charge in [-0.05, 0) is 30.3 Å². The molecule has 0 unspecified atom stereocenters. The molecule has 1 N–H and O–H groups in total. The van der Waals surface area contributed by atoms with Gasteiger partial charge in [0.2, 0.25) is 5.78 Å². The average Bonchev–Trinajstić information content (AvgIpc) is 3.02. The maximum Gasteiger partial charge on any atom is 0.462 e. The van der Waals surface area contributed by atoms with E-state index in [9.17, 15) is 111 Å². The Labute approximate surface area is 302 Å². The highest BCUT2D eigenvalue weighted by Crippen LogP contribution is 2.58. The highest BCUT2D eigenvalue weighted by molar-refractivity contribution is 6.32. The van der Waals surface area contributed by atoms with Crippen molar-refractivity contribution < 1.29 is 130 Å². The summed E-state index contributed by atoms with van der Waals surface area (Å²) in [6, 6.07) is 4.40. The lowest BCUT2D eigenvalue weighted by molar-refractivity contribution is -0.558. The van der Waals surface area contributed by atoms with Gasteiger partial charge in [0.15, 0.2) is 0 Å². The molecule has 2 aromatic carbocycles. The van der Waals surface area contributed by atoms with Gasteiger partial charge < -0.3 is 10.1 Å². The molecule has 0 bridgehead atoms. The second kappa shape index (κ2) is 15.0. The number of rotatable bonds is 17. The molecular weight excluding hydrogens is 895 g/mol. The number of hydrogen-bond acceptors (Lipinski definition) is 7. The van der Waals surface area contributed by atoms with Crippen LogP contribution in [0.3, 0.4) is 0 Å². The van der Waals surface area contributed by atoms with Gasteiger partial charge in [-0.15, -0.1) is 0 Å². The van der Waals surface area contributed by atoms with Gasteiger partial charge in [-0.25, -0.2) is 19.0 Å². The lowest BCUT2D eigenvalue weighted by atomic mass is 10.0. The van der Waals surface area contributed by atoms with Crippen LogP contribution in [-0.4, -0.2) is 85.3 Å². The molecular formula is C26H11ClF23NO6. The first-order valence-electron chi connectivity index (χ1n) is 13.4. The van der Waals surface area contributed by atoms with Crippen LogP contribution in [-0.2, 0) is 14.2 Å². The van der Waals surface area contributed by atoms with Gasteiger partial charge in [0.05, 0.1) is 10.6 Å². The van der Waals surface area contributed by atoms with Crippen LogP contribution in [0, 0.1) is 0 Å². The summed E-state index contributed by atoms with van der Waals surface area (Å²) in [5, 5.41) is 2.43. The number of carbonyl (C=O) groups is 2. The van der Waals surface area contributed by atoms with Crippen LogP contribution in [0.15, 0.2) is 42.5 Å². The summed E-state index contributed by atoms with van der Waals surface area (Å²) >= 11 is 5.86. The molecule has 2 rings (SSSR count). The van der Waals surface area contributed by atoms with Crippen LogP contribution in [0.5, 0.6) is 5.75 Å². The summed E-state index contributed by atoms with van der Waals surface area (Å²) in [5.74, 6) is -37.3. The van der Waals surface area contributed by atoms with Crippen LogP contribution in [0.2, 0.25) is 5.02 Å². The Bertz CT molecular complexity index is 1800. The molecule has 0 spiro atoms. The first kappa shape index (κ1) is 49.1. The number of nitrogens with one attached hydrogen (secondary N) is 1. The number of benzene rings is 2. The minimum atomic E-state index is -8.62. The van der Waals surface area contributed by atoms with Crippen molar-refractivity contribution in [2.24, 2.45) is 0 Å². The molecule has 7 nitrogen and oxygen atoms in total. The van der Waals surface area contributed by atoms with Crippen molar-refractivity contribution in [3.63, 3.8) is 0 Å². The Balaban J connectivity index is 2.35. The lowest BCUT2D eigenvalue weighted by Gasteiger charge is -2.39. The van der Waals surface area contributed by atoms with Crippen LogP contribution in [0.1, 0.15) is 20.7 Å². The van der Waals surface area contributed by atoms with Gasteiger partial charge in [0.1, 0.15) is 5.75 Å². The van der Waals surface area contributed by atoms with E-state index in [1.54, 1.807) is 4.74 Å². The predicted molar refractivity (Wildman–Crippen MR) is 136 cm³/mol. The van der Waals surface area contributed by atoms with Crippen LogP contribution >= 0.6 is 11.6 Å². The molecule has 0 aliphatic carbocycles. The largest absolute Gasteiger partial charge is 0.462 e. The number of ketones is 1. The monoisotopic (exact) mass is 905 g/mol. The zero-order valence-corrected chi connectivity index (χ0v) is 26.8. The topological polar surface area (TPSA) is 83.1 Å². The van der Waals surface area contributed by atoms with E-state index in [2.05, 4.69) is 5.32 Å². The molecule has 0 aliphatic rings. The summed E-state index contributed by atoms with van der Waals surface area (Å²) in [6.07, 6.45) is -56.9. The number of halogens is 24. The fourth-order valence-electron chi connectivity index (χ4n) is 3.34. The second-order valence-electron chi connectivity index (χ2n) is 10.4. The summed E-state index contributed by atoms with van der Waals surface area (Å²) < 4.78 is 318. The maximum atomic E-state index is 14.4. The zero-order chi connectivity index (χ0) is 45.0. The normalized spacial score (nSPS) is 14.8. The van der Waals surface area contributed by atoms with Crippen LogP contribution in [0.4, 0.5) is 107 Å². The van der Waals surface area contributed by atoms with Gasteiger partial charge in [-0.3, -0.25) is 4.79 Å². The number of Topliss-reactive ketones (excluding diaryl/α,β-unsaturated/α-hetero) is 1. The molecule has 0 saturated carbocycles. The Hall–Kier alpha value is -4.06. The third-order valence-electron chi connectivity index (χ3n) is 6.41. The summed E-state index contributed by atoms with van der Waals surface area (Å²) in [4.78, 5) is 24.3. The molecule has 0 saturated heterocycles. The van der Waals surface area contributed by atoms with Crippen LogP contribution < -0.4 is 10.1 Å². The number of esters is 1. The molecule has 0 atom stereocenters. The first-order valence-corrected chi connectivity index (χ1v) is 13.8. The SMILES string of the molecule is CNc1ccc(OC(=O)c2ccc(C(=O)C(F)(F)C(F)(F)OC(F)(F)C(F)(F)C(F)(F)OC(F)(F)C(F)(F)C(F)(F)OC(F)(F)C(F)(F)C(F)(F)F)cc2)c(Cl)c1. The van der Waals surface area contributed by atoms with E-state index in [-0.39, 0.29) is 22.9 Å². The third kappa shape index (κ3) is 9.00. The fourth-order valence-corrected chi connectivity index (χ4v) is 3.56. The molecule has 2 aromatic rings. The van der Waals surface area contributed by atoms with Crippen molar-refractivity contribution in [1.29, 1.82) is 0 Å². The molecule has 0 aliphatic heterocycles. The number of carbonyl (C=O) groups excluding carboxylic acids is 2. The summed E-state index contributed by atoms with van der Waals surface area (Å²) in [7, 11) is 1.46. The van der Waals surface area contributed by atoms with E-state index in [0.29, 0.717) is 17.8 Å². The van der Waals surface area contributed by atoms with E-state index in [0.717, 1.165) is 15.5 Å². The van der Waals surface area contributed by atoms with E-state index < -0.39 is 89.4 Å². The number of hydrogen-bond donors (Lipinski definition) is 1. The van der Waals surface area contributed by atoms with Gasteiger partial charge >= 0.3 is 72.5 Å². The van der Waals surface area contributed by atoms with Gasteiger partial charge in [0.25, 0.3) is 0 Å². The van der Waals surface area contributed by atoms with E-state index in [4.69, 9.17) is 16.3 Å². The van der Waals surface area contributed by atoms with Crippen molar-refractivity contribution in [3.05, 3.63) is 58.6 Å². The molecule has 324 valence electrons. The lowest BCUT2D eigenvalue weighted by Crippen LogP contribution is -2.66. The molecule has 0 heterocycles. The van der Waals surface area contributed by atoms with E-state index in [1.807, 2.05) is 0 Å². The highest BCUT2D eigenvalue weighted by atomic mass is 35.5. The Morgan fingerprint density at radius 3 is 1.21 bits per heavy atom. The summed E-state index contributed by atoms with van der Waals surface area (Å²) in [5.41, 5.74) is -2.07. The minimum Gasteiger partial charge on any atom is -0.421 e. The summed E-state index contributed by atoms with van der Waals surface area (Å²) in [6.45, 7) is 0. The molecule has 31 heteroatoms. The number of alkyl halides is 23. The molecule has 57 heavy (non-hydrogen) atoms. The van der Waals surface area contributed by atoms with Crippen molar-refractivity contribution in [1.82, 2.24) is 0 Å². The van der Waals surface area contributed by atoms with E-state index >= 15 is 0 Å². The van der Waals surface area contributed by atoms with Crippen molar-refractivity contribution >= 4 is 29.0 Å². The first-order chi connectivity index (χ1) is 25.1. The number of ether oxygens (including phenoxy) is 4. The third-order valence-corrected chi connectivity index (χ3v) is 6.70. The van der Waals surface area contributed by atoms with Crippen molar-refractivity contribution in [2.45, 2.75) is 66.5 Å². The molecule has 0 radical (unpaired) electrons. The van der Waals surface area contributed by atoms with Gasteiger partial charge in [-0.2, -0.15) is 101 Å². The Kier molecular flexibility index (Phi) is 12.9. The standard InChI is InChI=1S/C26H11ClF23NO6/c1-51-11-6-7-13(12(27)8-11)54-15(53)10-4-2-9(3-5-10)14(52)16(28,29)21(39,40)55-23(43,44)18(32,33)25(47,48)57-26(49,50)19(34,35)24(45,46)56-22(41,42)17(30,31)20(36,37)38/h2-8,51H,1H3. The quantitative estimate of drug-likeness (QED) is 0.0733. The zero-order valence-electron chi connectivity index (χ0n) is 26.1. The van der Waals surface area contributed by atoms with E-state index in [1.165, 1.54) is 19.2 Å². The predicted octanol–water partition coefficient (Wildman–Crippen LogP) is 10.5. The molecule has 0 amide bonds.